The van der Waals surface area contributed by atoms with Crippen molar-refractivity contribution in [1.29, 1.82) is 0 Å². The van der Waals surface area contributed by atoms with Crippen LogP contribution in [-0.4, -0.2) is 29.4 Å². The molecule has 0 aliphatic heterocycles. The lowest BCUT2D eigenvalue weighted by molar-refractivity contribution is -0.384. The topological polar surface area (TPSA) is 98.5 Å². The number of nitrogens with zero attached hydrogens (tertiary/aromatic N) is 1. The molecule has 1 amide bonds. The van der Waals surface area contributed by atoms with Gasteiger partial charge in [-0.05, 0) is 25.5 Å². The number of nitrogens with one attached hydrogen (secondary N) is 1. The zero-order chi connectivity index (χ0) is 15.1. The lowest BCUT2D eigenvalue weighted by atomic mass is 10.2. The molecule has 0 radical (unpaired) electrons. The maximum absolute atomic E-state index is 11.6. The summed E-state index contributed by atoms with van der Waals surface area (Å²) in [4.78, 5) is 32.9. The second kappa shape index (κ2) is 7.22. The zero-order valence-electron chi connectivity index (χ0n) is 11.3. The summed E-state index contributed by atoms with van der Waals surface area (Å²) in [5, 5.41) is 13.1. The van der Waals surface area contributed by atoms with Gasteiger partial charge in [-0.3, -0.25) is 14.9 Å². The van der Waals surface area contributed by atoms with E-state index in [2.05, 4.69) is 5.32 Å². The maximum Gasteiger partial charge on any atom is 0.338 e. The van der Waals surface area contributed by atoms with Crippen LogP contribution in [0.1, 0.15) is 30.6 Å². The molecule has 0 saturated carbocycles. The number of rotatable bonds is 6. The molecule has 1 aromatic rings. The zero-order valence-corrected chi connectivity index (χ0v) is 11.3. The number of carbonyl (C=O) groups excluding carboxylic acids is 2. The van der Waals surface area contributed by atoms with Gasteiger partial charge in [-0.2, -0.15) is 0 Å². The molecule has 0 unspecified atom stereocenters. The Labute approximate surface area is 116 Å². The standard InChI is InChI=1S/C13H16N2O5/c1-3-9(2)14-12(16)8-20-13(17)10-4-6-11(7-5-10)15(18)19/h4-7,9H,3,8H2,1-2H3,(H,14,16)/t9-/m1/s1. The molecule has 0 aliphatic carbocycles. The van der Waals surface area contributed by atoms with E-state index in [0.29, 0.717) is 0 Å². The maximum atomic E-state index is 11.6. The van der Waals surface area contributed by atoms with Crippen LogP contribution in [0.3, 0.4) is 0 Å². The molecule has 1 N–H and O–H groups in total. The summed E-state index contributed by atoms with van der Waals surface area (Å²) in [5.74, 6) is -1.08. The fourth-order valence-electron chi connectivity index (χ4n) is 1.35. The van der Waals surface area contributed by atoms with Crippen molar-refractivity contribution in [3.8, 4) is 0 Å². The fraction of sp³-hybridized carbons (Fsp3) is 0.385. The van der Waals surface area contributed by atoms with Crippen LogP contribution >= 0.6 is 0 Å². The van der Waals surface area contributed by atoms with Crippen molar-refractivity contribution in [2.45, 2.75) is 26.3 Å². The lowest BCUT2D eigenvalue weighted by Gasteiger charge is -2.11. The van der Waals surface area contributed by atoms with Crippen molar-refractivity contribution in [2.75, 3.05) is 6.61 Å². The summed E-state index contributed by atoms with van der Waals surface area (Å²) in [6, 6.07) is 4.99. The van der Waals surface area contributed by atoms with Crippen LogP contribution in [0.5, 0.6) is 0 Å². The second-order valence-corrected chi connectivity index (χ2v) is 4.26. The summed E-state index contributed by atoms with van der Waals surface area (Å²) in [7, 11) is 0. The molecule has 1 atom stereocenters. The summed E-state index contributed by atoms with van der Waals surface area (Å²) < 4.78 is 4.81. The molecule has 0 spiro atoms. The Morgan fingerprint density at radius 3 is 2.45 bits per heavy atom. The number of hydrogen-bond donors (Lipinski definition) is 1. The fourth-order valence-corrected chi connectivity index (χ4v) is 1.35. The van der Waals surface area contributed by atoms with Gasteiger partial charge < -0.3 is 10.1 Å². The number of nitro groups is 1. The Balaban J connectivity index is 2.50. The smallest absolute Gasteiger partial charge is 0.338 e. The predicted octanol–water partition coefficient (Wildman–Crippen LogP) is 1.67. The highest BCUT2D eigenvalue weighted by Gasteiger charge is 2.13. The number of carbonyl (C=O) groups is 2. The highest BCUT2D eigenvalue weighted by atomic mass is 16.6. The highest BCUT2D eigenvalue weighted by molar-refractivity contribution is 5.91. The number of amides is 1. The van der Waals surface area contributed by atoms with E-state index in [1.807, 2.05) is 13.8 Å². The van der Waals surface area contributed by atoms with E-state index in [-0.39, 0.29) is 29.8 Å². The first-order valence-corrected chi connectivity index (χ1v) is 6.15. The van der Waals surface area contributed by atoms with Crippen LogP contribution in [0.25, 0.3) is 0 Å². The van der Waals surface area contributed by atoms with Crippen LogP contribution in [-0.2, 0) is 9.53 Å². The third-order valence-corrected chi connectivity index (χ3v) is 2.67. The minimum Gasteiger partial charge on any atom is -0.452 e. The Morgan fingerprint density at radius 2 is 1.95 bits per heavy atom. The van der Waals surface area contributed by atoms with Gasteiger partial charge in [0.1, 0.15) is 0 Å². The summed E-state index contributed by atoms with van der Waals surface area (Å²) in [5.41, 5.74) is 0.0444. The minimum atomic E-state index is -0.695. The first-order valence-electron chi connectivity index (χ1n) is 6.15. The molecule has 1 rings (SSSR count). The van der Waals surface area contributed by atoms with E-state index in [4.69, 9.17) is 4.74 Å². The number of hydrogen-bond acceptors (Lipinski definition) is 5. The summed E-state index contributed by atoms with van der Waals surface area (Å²) in [6.07, 6.45) is 0.780. The van der Waals surface area contributed by atoms with Crippen molar-refractivity contribution in [3.63, 3.8) is 0 Å². The molecular weight excluding hydrogens is 264 g/mol. The van der Waals surface area contributed by atoms with Gasteiger partial charge in [-0.25, -0.2) is 4.79 Å². The van der Waals surface area contributed by atoms with Gasteiger partial charge in [0.25, 0.3) is 11.6 Å². The average Bonchev–Trinajstić information content (AvgIpc) is 2.44. The molecule has 0 saturated heterocycles. The highest BCUT2D eigenvalue weighted by Crippen LogP contribution is 2.12. The Hall–Kier alpha value is -2.44. The predicted molar refractivity (Wildman–Crippen MR) is 71.3 cm³/mol. The van der Waals surface area contributed by atoms with Crippen LogP contribution in [0.15, 0.2) is 24.3 Å². The number of ether oxygens (including phenoxy) is 1. The van der Waals surface area contributed by atoms with Crippen LogP contribution in [0.2, 0.25) is 0 Å². The largest absolute Gasteiger partial charge is 0.452 e. The number of benzene rings is 1. The van der Waals surface area contributed by atoms with E-state index in [9.17, 15) is 19.7 Å². The molecule has 0 heterocycles. The third kappa shape index (κ3) is 4.68. The van der Waals surface area contributed by atoms with Crippen molar-refractivity contribution in [1.82, 2.24) is 5.32 Å². The molecule has 7 heteroatoms. The van der Waals surface area contributed by atoms with Gasteiger partial charge in [0.15, 0.2) is 6.61 Å². The molecule has 1 aromatic carbocycles. The van der Waals surface area contributed by atoms with Gasteiger partial charge in [-0.1, -0.05) is 6.92 Å². The van der Waals surface area contributed by atoms with Gasteiger partial charge in [0, 0.05) is 18.2 Å². The SMILES string of the molecule is CC[C@@H](C)NC(=O)COC(=O)c1ccc([N+](=O)[O-])cc1. The first kappa shape index (κ1) is 15.6. The van der Waals surface area contributed by atoms with E-state index in [1.54, 1.807) is 0 Å². The second-order valence-electron chi connectivity index (χ2n) is 4.26. The Kier molecular flexibility index (Phi) is 5.64. The van der Waals surface area contributed by atoms with Crippen LogP contribution in [0.4, 0.5) is 5.69 Å². The monoisotopic (exact) mass is 280 g/mol. The Morgan fingerprint density at radius 1 is 1.35 bits per heavy atom. The molecule has 20 heavy (non-hydrogen) atoms. The van der Waals surface area contributed by atoms with Gasteiger partial charge in [0.05, 0.1) is 10.5 Å². The third-order valence-electron chi connectivity index (χ3n) is 2.67. The normalized spacial score (nSPS) is 11.5. The van der Waals surface area contributed by atoms with Crippen molar-refractivity contribution in [3.05, 3.63) is 39.9 Å². The van der Waals surface area contributed by atoms with Gasteiger partial charge in [0.2, 0.25) is 0 Å². The molecular formula is C13H16N2O5. The van der Waals surface area contributed by atoms with Crippen LogP contribution < -0.4 is 5.32 Å². The Bertz CT molecular complexity index is 498. The van der Waals surface area contributed by atoms with Gasteiger partial charge >= 0.3 is 5.97 Å². The molecule has 108 valence electrons. The molecule has 0 aromatic heterocycles. The van der Waals surface area contributed by atoms with Crippen molar-refractivity contribution < 1.29 is 19.2 Å². The van der Waals surface area contributed by atoms with E-state index in [1.165, 1.54) is 24.3 Å². The van der Waals surface area contributed by atoms with E-state index < -0.39 is 10.9 Å². The average molecular weight is 280 g/mol. The number of nitro benzene ring substituents is 1. The van der Waals surface area contributed by atoms with Gasteiger partial charge in [-0.15, -0.1) is 0 Å². The quantitative estimate of drug-likeness (QED) is 0.485. The van der Waals surface area contributed by atoms with E-state index in [0.717, 1.165) is 6.42 Å². The molecule has 0 aliphatic rings. The minimum absolute atomic E-state index is 0.0144. The van der Waals surface area contributed by atoms with E-state index >= 15 is 0 Å². The first-order chi connectivity index (χ1) is 9.43. The molecule has 7 nitrogen and oxygen atoms in total. The number of esters is 1. The molecule has 0 bridgehead atoms. The van der Waals surface area contributed by atoms with Crippen molar-refractivity contribution in [2.24, 2.45) is 0 Å². The number of non-ortho nitro benzene ring substituents is 1. The van der Waals surface area contributed by atoms with Crippen LogP contribution in [0, 0.1) is 10.1 Å². The van der Waals surface area contributed by atoms with Crippen molar-refractivity contribution >= 4 is 17.6 Å². The lowest BCUT2D eigenvalue weighted by Crippen LogP contribution is -2.35. The molecule has 0 fully saturated rings. The summed E-state index contributed by atoms with van der Waals surface area (Å²) >= 11 is 0. The summed E-state index contributed by atoms with van der Waals surface area (Å²) in [6.45, 7) is 3.39.